The Balaban J connectivity index is 1.97. The van der Waals surface area contributed by atoms with Gasteiger partial charge in [0.15, 0.2) is 0 Å². The van der Waals surface area contributed by atoms with Crippen LogP contribution in [0.2, 0.25) is 0 Å². The van der Waals surface area contributed by atoms with E-state index in [-0.39, 0.29) is 12.1 Å². The van der Waals surface area contributed by atoms with Crippen LogP contribution in [0.15, 0.2) is 54.1 Å². The molecule has 1 heterocycles. The van der Waals surface area contributed by atoms with Gasteiger partial charge in [0, 0.05) is 25.2 Å². The molecule has 0 aromatic heterocycles. The fraction of sp³-hybridized carbons (Fsp3) is 0.385. The highest BCUT2D eigenvalue weighted by molar-refractivity contribution is 5.96. The van der Waals surface area contributed by atoms with Gasteiger partial charge in [0.2, 0.25) is 0 Å². The molecular formula is C26H32N2O4. The van der Waals surface area contributed by atoms with Crippen LogP contribution in [0, 0.1) is 0 Å². The summed E-state index contributed by atoms with van der Waals surface area (Å²) in [7, 11) is 0. The van der Waals surface area contributed by atoms with Crippen LogP contribution >= 0.6 is 0 Å². The number of carbonyl (C=O) groups is 2. The van der Waals surface area contributed by atoms with Gasteiger partial charge in [-0.3, -0.25) is 4.90 Å². The van der Waals surface area contributed by atoms with Gasteiger partial charge in [0.25, 0.3) is 0 Å². The molecule has 0 fully saturated rings. The van der Waals surface area contributed by atoms with E-state index in [2.05, 4.69) is 17.0 Å². The summed E-state index contributed by atoms with van der Waals surface area (Å²) in [5, 5.41) is 0. The first-order valence-corrected chi connectivity index (χ1v) is 11.0. The van der Waals surface area contributed by atoms with E-state index in [1.807, 2.05) is 57.2 Å². The van der Waals surface area contributed by atoms with Crippen molar-refractivity contribution in [1.82, 2.24) is 0 Å². The molecule has 1 aliphatic rings. The van der Waals surface area contributed by atoms with Gasteiger partial charge in [-0.05, 0) is 64.0 Å². The van der Waals surface area contributed by atoms with Crippen molar-refractivity contribution in [2.24, 2.45) is 0 Å². The van der Waals surface area contributed by atoms with E-state index in [0.29, 0.717) is 25.3 Å². The molecule has 6 nitrogen and oxygen atoms in total. The first-order valence-electron chi connectivity index (χ1n) is 11.0. The zero-order valence-corrected chi connectivity index (χ0v) is 19.6. The molecule has 1 amide bonds. The van der Waals surface area contributed by atoms with Crippen molar-refractivity contribution >= 4 is 29.5 Å². The van der Waals surface area contributed by atoms with Crippen molar-refractivity contribution in [3.05, 3.63) is 65.2 Å². The Kier molecular flexibility index (Phi) is 7.23. The minimum Gasteiger partial charge on any atom is -0.463 e. The number of ether oxygens (including phenoxy) is 2. The Morgan fingerprint density at radius 1 is 1.03 bits per heavy atom. The molecule has 3 rings (SSSR count). The summed E-state index contributed by atoms with van der Waals surface area (Å²) in [5.74, 6) is -0.347. The van der Waals surface area contributed by atoms with Crippen molar-refractivity contribution in [2.75, 3.05) is 29.5 Å². The molecule has 0 bridgehead atoms. The van der Waals surface area contributed by atoms with Crippen LogP contribution in [-0.2, 0) is 20.8 Å². The van der Waals surface area contributed by atoms with Crippen molar-refractivity contribution in [3.8, 4) is 0 Å². The molecule has 6 heteroatoms. The third kappa shape index (κ3) is 5.90. The van der Waals surface area contributed by atoms with Crippen LogP contribution in [0.25, 0.3) is 6.08 Å². The van der Waals surface area contributed by atoms with Crippen molar-refractivity contribution in [2.45, 2.75) is 46.8 Å². The number of anilines is 2. The molecule has 170 valence electrons. The summed E-state index contributed by atoms with van der Waals surface area (Å²) >= 11 is 0. The van der Waals surface area contributed by atoms with Gasteiger partial charge in [-0.2, -0.15) is 0 Å². The SMILES string of the molecule is CCOC(=O)C(C)=Cc1ccc2c(c1)N(C(=O)OC(C)(C)C)CCN2Cc1ccccc1. The quantitative estimate of drug-likeness (QED) is 0.463. The first-order chi connectivity index (χ1) is 15.2. The molecule has 0 aliphatic carbocycles. The summed E-state index contributed by atoms with van der Waals surface area (Å²) in [5.41, 5.74) is 3.67. The first kappa shape index (κ1) is 23.4. The van der Waals surface area contributed by atoms with E-state index in [4.69, 9.17) is 9.47 Å². The van der Waals surface area contributed by atoms with Gasteiger partial charge in [0.05, 0.1) is 18.0 Å². The number of esters is 1. The van der Waals surface area contributed by atoms with Crippen LogP contribution in [0.4, 0.5) is 16.2 Å². The summed E-state index contributed by atoms with van der Waals surface area (Å²) in [6, 6.07) is 16.1. The molecule has 0 atom stereocenters. The molecule has 1 aliphatic heterocycles. The number of nitrogens with zero attached hydrogens (tertiary/aromatic N) is 2. The average molecular weight is 437 g/mol. The zero-order chi connectivity index (χ0) is 23.3. The number of carbonyl (C=O) groups excluding carboxylic acids is 2. The van der Waals surface area contributed by atoms with Crippen molar-refractivity contribution < 1.29 is 19.1 Å². The van der Waals surface area contributed by atoms with Crippen LogP contribution in [0.1, 0.15) is 45.7 Å². The number of amides is 1. The lowest BCUT2D eigenvalue weighted by atomic mass is 10.1. The Bertz CT molecular complexity index is 993. The summed E-state index contributed by atoms with van der Waals surface area (Å²) in [4.78, 5) is 28.9. The molecule has 32 heavy (non-hydrogen) atoms. The largest absolute Gasteiger partial charge is 0.463 e. The van der Waals surface area contributed by atoms with E-state index in [0.717, 1.165) is 23.5 Å². The lowest BCUT2D eigenvalue weighted by molar-refractivity contribution is -0.138. The predicted molar refractivity (Wildman–Crippen MR) is 128 cm³/mol. The van der Waals surface area contributed by atoms with Gasteiger partial charge in [-0.15, -0.1) is 0 Å². The van der Waals surface area contributed by atoms with E-state index >= 15 is 0 Å². The normalized spacial score (nSPS) is 14.1. The maximum Gasteiger partial charge on any atom is 0.414 e. The highest BCUT2D eigenvalue weighted by Gasteiger charge is 2.30. The third-order valence-electron chi connectivity index (χ3n) is 5.04. The van der Waals surface area contributed by atoms with Crippen LogP contribution in [0.3, 0.4) is 0 Å². The fourth-order valence-electron chi connectivity index (χ4n) is 3.60. The second kappa shape index (κ2) is 9.90. The minimum atomic E-state index is -0.587. The zero-order valence-electron chi connectivity index (χ0n) is 19.6. The van der Waals surface area contributed by atoms with Gasteiger partial charge in [0.1, 0.15) is 5.60 Å². The Morgan fingerprint density at radius 2 is 1.75 bits per heavy atom. The minimum absolute atomic E-state index is 0.328. The fourth-order valence-corrected chi connectivity index (χ4v) is 3.60. The van der Waals surface area contributed by atoms with Crippen LogP contribution in [0.5, 0.6) is 0 Å². The lowest BCUT2D eigenvalue weighted by Gasteiger charge is -2.38. The smallest absolute Gasteiger partial charge is 0.414 e. The number of hydrogen-bond donors (Lipinski definition) is 0. The molecule has 0 spiro atoms. The van der Waals surface area contributed by atoms with Gasteiger partial charge in [-0.25, -0.2) is 9.59 Å². The van der Waals surface area contributed by atoms with Gasteiger partial charge < -0.3 is 14.4 Å². The second-order valence-electron chi connectivity index (χ2n) is 8.84. The van der Waals surface area contributed by atoms with Gasteiger partial charge in [-0.1, -0.05) is 36.4 Å². The average Bonchev–Trinajstić information content (AvgIpc) is 2.73. The number of benzene rings is 2. The molecule has 2 aromatic rings. The predicted octanol–water partition coefficient (Wildman–Crippen LogP) is 5.41. The molecule has 0 unspecified atom stereocenters. The molecular weight excluding hydrogens is 404 g/mol. The molecule has 2 aromatic carbocycles. The highest BCUT2D eigenvalue weighted by atomic mass is 16.6. The van der Waals surface area contributed by atoms with E-state index < -0.39 is 5.60 Å². The maximum absolute atomic E-state index is 13.0. The van der Waals surface area contributed by atoms with Crippen LogP contribution < -0.4 is 9.80 Å². The molecule has 0 saturated heterocycles. The number of fused-ring (bicyclic) bond motifs is 1. The number of rotatable bonds is 5. The van der Waals surface area contributed by atoms with Crippen molar-refractivity contribution in [3.63, 3.8) is 0 Å². The van der Waals surface area contributed by atoms with E-state index in [1.54, 1.807) is 24.8 Å². The second-order valence-corrected chi connectivity index (χ2v) is 8.84. The van der Waals surface area contributed by atoms with Crippen molar-refractivity contribution in [1.29, 1.82) is 0 Å². The monoisotopic (exact) mass is 436 g/mol. The molecule has 0 N–H and O–H groups in total. The summed E-state index contributed by atoms with van der Waals surface area (Å²) < 4.78 is 10.7. The lowest BCUT2D eigenvalue weighted by Crippen LogP contribution is -2.45. The topological polar surface area (TPSA) is 59.1 Å². The summed E-state index contributed by atoms with van der Waals surface area (Å²) in [6.07, 6.45) is 1.41. The van der Waals surface area contributed by atoms with Crippen LogP contribution in [-0.4, -0.2) is 37.4 Å². The summed E-state index contributed by atoms with van der Waals surface area (Å²) in [6.45, 7) is 11.4. The number of hydrogen-bond acceptors (Lipinski definition) is 5. The highest BCUT2D eigenvalue weighted by Crippen LogP contribution is 2.36. The Labute approximate surface area is 190 Å². The van der Waals surface area contributed by atoms with E-state index in [9.17, 15) is 9.59 Å². The maximum atomic E-state index is 13.0. The van der Waals surface area contributed by atoms with Gasteiger partial charge >= 0.3 is 12.1 Å². The van der Waals surface area contributed by atoms with E-state index in [1.165, 1.54) is 5.56 Å². The molecule has 0 radical (unpaired) electrons. The third-order valence-corrected chi connectivity index (χ3v) is 5.04. The molecule has 0 saturated carbocycles. The Hall–Kier alpha value is -3.28. The standard InChI is InChI=1S/C26H32N2O4/c1-6-31-24(29)19(2)16-21-12-13-22-23(17-21)28(25(30)32-26(3,4)5)15-14-27(22)18-20-10-8-7-9-11-20/h7-13,16-17H,6,14-15,18H2,1-5H3. The Morgan fingerprint density at radius 3 is 2.41 bits per heavy atom.